The van der Waals surface area contributed by atoms with E-state index in [0.717, 1.165) is 43.6 Å². The van der Waals surface area contributed by atoms with Crippen molar-refractivity contribution >= 4 is 17.7 Å². The van der Waals surface area contributed by atoms with Gasteiger partial charge >= 0.3 is 5.97 Å². The monoisotopic (exact) mass is 296 g/mol. The second kappa shape index (κ2) is 14.1. The molecule has 0 heterocycles. The van der Waals surface area contributed by atoms with Crippen LogP contribution in [0.15, 0.2) is 0 Å². The van der Waals surface area contributed by atoms with Gasteiger partial charge in [0.2, 0.25) is 6.43 Å². The summed E-state index contributed by atoms with van der Waals surface area (Å²) < 4.78 is 28.8. The smallest absolute Gasteiger partial charge is 0.305 e. The van der Waals surface area contributed by atoms with Crippen LogP contribution in [-0.2, 0) is 9.53 Å². The lowest BCUT2D eigenvalue weighted by Crippen LogP contribution is -2.07. The third-order valence-corrected chi connectivity index (χ3v) is 3.72. The number of alkyl halides is 2. The molecule has 0 N–H and O–H groups in total. The summed E-state index contributed by atoms with van der Waals surface area (Å²) in [6, 6.07) is 0. The van der Waals surface area contributed by atoms with Crippen LogP contribution >= 0.6 is 11.8 Å². The van der Waals surface area contributed by atoms with Crippen LogP contribution in [0.4, 0.5) is 8.78 Å². The summed E-state index contributed by atoms with van der Waals surface area (Å²) in [6.45, 7) is 2.57. The normalized spacial score (nSPS) is 10.9. The molecule has 0 aliphatic rings. The third kappa shape index (κ3) is 15.6. The molecule has 114 valence electrons. The van der Waals surface area contributed by atoms with Gasteiger partial charge in [-0.1, -0.05) is 26.2 Å². The van der Waals surface area contributed by atoms with Gasteiger partial charge in [-0.2, -0.15) is 11.8 Å². The molecule has 0 radical (unpaired) electrons. The second-order valence-corrected chi connectivity index (χ2v) is 5.76. The predicted octanol–water partition coefficient (Wildman–Crippen LogP) is 4.67. The lowest BCUT2D eigenvalue weighted by molar-refractivity contribution is -0.143. The third-order valence-electron chi connectivity index (χ3n) is 2.69. The van der Waals surface area contributed by atoms with E-state index in [9.17, 15) is 13.6 Å². The van der Waals surface area contributed by atoms with Crippen molar-refractivity contribution in [2.75, 3.05) is 18.1 Å². The summed E-state index contributed by atoms with van der Waals surface area (Å²) in [5.41, 5.74) is 0. The Labute approximate surface area is 119 Å². The van der Waals surface area contributed by atoms with Gasteiger partial charge < -0.3 is 4.74 Å². The van der Waals surface area contributed by atoms with Crippen LogP contribution in [-0.4, -0.2) is 30.5 Å². The lowest BCUT2D eigenvalue weighted by Gasteiger charge is -2.05. The van der Waals surface area contributed by atoms with Crippen LogP contribution in [0.5, 0.6) is 0 Å². The fourth-order valence-corrected chi connectivity index (χ4v) is 2.40. The highest BCUT2D eigenvalue weighted by atomic mass is 32.2. The van der Waals surface area contributed by atoms with Crippen molar-refractivity contribution in [2.24, 2.45) is 0 Å². The predicted molar refractivity (Wildman–Crippen MR) is 76.9 cm³/mol. The maximum atomic E-state index is 11.8. The molecule has 0 amide bonds. The zero-order valence-corrected chi connectivity index (χ0v) is 12.7. The number of rotatable bonds is 13. The number of carbonyl (C=O) groups is 1. The summed E-state index contributed by atoms with van der Waals surface area (Å²) in [5, 5.41) is 0. The largest absolute Gasteiger partial charge is 0.465 e. The van der Waals surface area contributed by atoms with Crippen LogP contribution < -0.4 is 0 Å². The highest BCUT2D eigenvalue weighted by Gasteiger charge is 2.02. The Morgan fingerprint density at radius 3 is 2.58 bits per heavy atom. The lowest BCUT2D eigenvalue weighted by atomic mass is 10.2. The van der Waals surface area contributed by atoms with Gasteiger partial charge in [-0.3, -0.25) is 4.79 Å². The Morgan fingerprint density at radius 1 is 1.11 bits per heavy atom. The minimum atomic E-state index is -2.17. The molecule has 0 unspecified atom stereocenters. The topological polar surface area (TPSA) is 26.3 Å². The number of esters is 1. The van der Waals surface area contributed by atoms with Gasteiger partial charge in [0, 0.05) is 18.6 Å². The van der Waals surface area contributed by atoms with Crippen molar-refractivity contribution in [1.29, 1.82) is 0 Å². The fourth-order valence-electron chi connectivity index (χ4n) is 1.59. The number of ether oxygens (including phenoxy) is 1. The number of hydrogen-bond acceptors (Lipinski definition) is 3. The van der Waals surface area contributed by atoms with E-state index >= 15 is 0 Å². The number of hydrogen-bond donors (Lipinski definition) is 0. The van der Waals surface area contributed by atoms with Gasteiger partial charge in [-0.05, 0) is 25.0 Å². The molecule has 0 aliphatic carbocycles. The molecule has 0 rings (SSSR count). The number of carbonyl (C=O) groups excluding carboxylic acids is 1. The molecule has 0 aliphatic heterocycles. The molecule has 5 heteroatoms. The average Bonchev–Trinajstić information content (AvgIpc) is 2.36. The summed E-state index contributed by atoms with van der Waals surface area (Å²) in [7, 11) is 0. The zero-order chi connectivity index (χ0) is 14.3. The molecule has 0 aromatic heterocycles. The van der Waals surface area contributed by atoms with Crippen LogP contribution in [0, 0.1) is 0 Å². The summed E-state index contributed by atoms with van der Waals surface area (Å²) in [4.78, 5) is 11.3. The Kier molecular flexibility index (Phi) is 13.9. The SMILES string of the molecule is CCCCCC(=O)OCCSCCCCCC(F)F. The average molecular weight is 296 g/mol. The minimum absolute atomic E-state index is 0.0139. The van der Waals surface area contributed by atoms with Crippen molar-refractivity contribution in [3.63, 3.8) is 0 Å². The summed E-state index contributed by atoms with van der Waals surface area (Å²) in [6.07, 6.45) is 3.87. The first-order chi connectivity index (χ1) is 9.16. The van der Waals surface area contributed by atoms with Crippen LogP contribution in [0.2, 0.25) is 0 Å². The Balaban J connectivity index is 3.11. The van der Waals surface area contributed by atoms with E-state index in [4.69, 9.17) is 4.74 Å². The van der Waals surface area contributed by atoms with E-state index in [1.807, 2.05) is 0 Å². The van der Waals surface area contributed by atoms with Crippen molar-refractivity contribution < 1.29 is 18.3 Å². The molecule has 2 nitrogen and oxygen atoms in total. The first-order valence-corrected chi connectivity index (χ1v) is 8.33. The summed E-state index contributed by atoms with van der Waals surface area (Å²) >= 11 is 1.72. The molecule has 0 spiro atoms. The number of halogens is 2. The van der Waals surface area contributed by atoms with E-state index in [1.165, 1.54) is 0 Å². The van der Waals surface area contributed by atoms with E-state index in [1.54, 1.807) is 11.8 Å². The van der Waals surface area contributed by atoms with Gasteiger partial charge in [-0.25, -0.2) is 8.78 Å². The van der Waals surface area contributed by atoms with Crippen molar-refractivity contribution in [3.8, 4) is 0 Å². The highest BCUT2D eigenvalue weighted by Crippen LogP contribution is 2.11. The molecular weight excluding hydrogens is 270 g/mol. The maximum Gasteiger partial charge on any atom is 0.305 e. The van der Waals surface area contributed by atoms with Gasteiger partial charge in [0.1, 0.15) is 6.61 Å². The summed E-state index contributed by atoms with van der Waals surface area (Å²) in [5.74, 6) is 1.65. The maximum absolute atomic E-state index is 11.8. The molecule has 0 saturated heterocycles. The highest BCUT2D eigenvalue weighted by molar-refractivity contribution is 7.99. The molecule has 0 bridgehead atoms. The van der Waals surface area contributed by atoms with Gasteiger partial charge in [-0.15, -0.1) is 0 Å². The molecule has 0 fully saturated rings. The standard InChI is InChI=1S/C14H26F2O2S/c1-2-3-5-9-14(17)18-10-12-19-11-7-4-6-8-13(15)16/h13H,2-12H2,1H3. The molecule has 0 aromatic carbocycles. The van der Waals surface area contributed by atoms with Crippen molar-refractivity contribution in [2.45, 2.75) is 64.7 Å². The van der Waals surface area contributed by atoms with Gasteiger partial charge in [0.25, 0.3) is 0 Å². The van der Waals surface area contributed by atoms with E-state index < -0.39 is 6.43 Å². The van der Waals surface area contributed by atoms with Crippen LogP contribution in [0.1, 0.15) is 58.3 Å². The molecule has 0 aromatic rings. The number of unbranched alkanes of at least 4 members (excludes halogenated alkanes) is 4. The molecule has 0 saturated carbocycles. The molecule has 19 heavy (non-hydrogen) atoms. The van der Waals surface area contributed by atoms with Crippen LogP contribution in [0.25, 0.3) is 0 Å². The van der Waals surface area contributed by atoms with Crippen LogP contribution in [0.3, 0.4) is 0 Å². The Hall–Kier alpha value is -0.320. The van der Waals surface area contributed by atoms with Crippen molar-refractivity contribution in [1.82, 2.24) is 0 Å². The molecule has 0 atom stereocenters. The first kappa shape index (κ1) is 18.7. The zero-order valence-electron chi connectivity index (χ0n) is 11.8. The Bertz CT molecular complexity index is 214. The van der Waals surface area contributed by atoms with E-state index in [2.05, 4.69) is 6.92 Å². The molecular formula is C14H26F2O2S. The van der Waals surface area contributed by atoms with Crippen molar-refractivity contribution in [3.05, 3.63) is 0 Å². The van der Waals surface area contributed by atoms with E-state index in [-0.39, 0.29) is 12.4 Å². The number of thioether (sulfide) groups is 1. The van der Waals surface area contributed by atoms with E-state index in [0.29, 0.717) is 19.4 Å². The van der Waals surface area contributed by atoms with Gasteiger partial charge in [0.05, 0.1) is 0 Å². The minimum Gasteiger partial charge on any atom is -0.465 e. The Morgan fingerprint density at radius 2 is 1.89 bits per heavy atom. The first-order valence-electron chi connectivity index (χ1n) is 7.18. The van der Waals surface area contributed by atoms with Gasteiger partial charge in [0.15, 0.2) is 0 Å². The quantitative estimate of drug-likeness (QED) is 0.365. The fraction of sp³-hybridized carbons (Fsp3) is 0.929. The second-order valence-electron chi connectivity index (χ2n) is 4.53.